The van der Waals surface area contributed by atoms with Gasteiger partial charge < -0.3 is 5.21 Å². The van der Waals surface area contributed by atoms with Crippen molar-refractivity contribution in [2.75, 3.05) is 0 Å². The van der Waals surface area contributed by atoms with E-state index in [1.54, 1.807) is 6.92 Å². The van der Waals surface area contributed by atoms with Gasteiger partial charge in [-0.1, -0.05) is 38.3 Å². The number of hydrogen-bond donors (Lipinski definition) is 1. The summed E-state index contributed by atoms with van der Waals surface area (Å²) < 4.78 is 0. The number of nitrogens with zero attached hydrogens (tertiary/aromatic N) is 1. The van der Waals surface area contributed by atoms with E-state index in [0.29, 0.717) is 18.6 Å². The van der Waals surface area contributed by atoms with Crippen LogP contribution in [0.15, 0.2) is 5.16 Å². The third-order valence-electron chi connectivity index (χ3n) is 2.03. The maximum atomic E-state index is 11.1. The second-order valence-electron chi connectivity index (χ2n) is 3.13. The van der Waals surface area contributed by atoms with Crippen LogP contribution in [0.2, 0.25) is 0 Å². The lowest BCUT2D eigenvalue weighted by Crippen LogP contribution is -2.12. The molecule has 3 nitrogen and oxygen atoms in total. The molecular weight excluding hydrogens is 166 g/mol. The van der Waals surface area contributed by atoms with Crippen LogP contribution in [0.25, 0.3) is 0 Å². The summed E-state index contributed by atoms with van der Waals surface area (Å²) in [5, 5.41) is 11.6. The summed E-state index contributed by atoms with van der Waals surface area (Å²) in [7, 11) is 0. The number of carbonyl (C=O) groups excluding carboxylic acids is 1. The number of rotatable bonds is 7. The molecule has 0 aliphatic heterocycles. The first-order valence-electron chi connectivity index (χ1n) is 5.00. The molecule has 0 radical (unpaired) electrons. The molecule has 0 heterocycles. The van der Waals surface area contributed by atoms with Gasteiger partial charge in [-0.15, -0.1) is 0 Å². The molecule has 0 saturated heterocycles. The molecule has 0 fully saturated rings. The number of ketones is 1. The average Bonchev–Trinajstić information content (AvgIpc) is 2.17. The van der Waals surface area contributed by atoms with Crippen molar-refractivity contribution in [2.45, 2.75) is 52.4 Å². The van der Waals surface area contributed by atoms with E-state index >= 15 is 0 Å². The third kappa shape index (κ3) is 5.39. The van der Waals surface area contributed by atoms with Gasteiger partial charge in [0.15, 0.2) is 5.78 Å². The SMILES string of the molecule is CCCCCCC(=NO)C(=O)CC. The third-order valence-corrected chi connectivity index (χ3v) is 2.03. The Balaban J connectivity index is 3.68. The maximum Gasteiger partial charge on any atom is 0.180 e. The number of unbranched alkanes of at least 4 members (excludes halogenated alkanes) is 3. The van der Waals surface area contributed by atoms with Crippen molar-refractivity contribution in [3.8, 4) is 0 Å². The molecule has 0 unspecified atom stereocenters. The fraction of sp³-hybridized carbons (Fsp3) is 0.800. The van der Waals surface area contributed by atoms with E-state index in [1.165, 1.54) is 12.8 Å². The molecule has 0 aromatic heterocycles. The second-order valence-corrected chi connectivity index (χ2v) is 3.13. The molecule has 0 amide bonds. The van der Waals surface area contributed by atoms with Gasteiger partial charge in [-0.05, 0) is 12.8 Å². The summed E-state index contributed by atoms with van der Waals surface area (Å²) in [5.41, 5.74) is 0.332. The molecule has 0 atom stereocenters. The van der Waals surface area contributed by atoms with Crippen molar-refractivity contribution in [1.29, 1.82) is 0 Å². The normalized spacial score (nSPS) is 11.7. The molecule has 3 heteroatoms. The van der Waals surface area contributed by atoms with Crippen molar-refractivity contribution < 1.29 is 10.0 Å². The van der Waals surface area contributed by atoms with E-state index in [9.17, 15) is 4.79 Å². The van der Waals surface area contributed by atoms with Gasteiger partial charge in [0.05, 0.1) is 0 Å². The molecule has 0 aliphatic carbocycles. The van der Waals surface area contributed by atoms with Crippen LogP contribution < -0.4 is 0 Å². The average molecular weight is 185 g/mol. The van der Waals surface area contributed by atoms with Crippen LogP contribution >= 0.6 is 0 Å². The summed E-state index contributed by atoms with van der Waals surface area (Å²) in [4.78, 5) is 11.1. The van der Waals surface area contributed by atoms with Crippen LogP contribution in [-0.2, 0) is 4.79 Å². The zero-order valence-corrected chi connectivity index (χ0v) is 8.55. The Morgan fingerprint density at radius 2 is 1.92 bits per heavy atom. The van der Waals surface area contributed by atoms with Crippen LogP contribution in [0.5, 0.6) is 0 Å². The monoisotopic (exact) mass is 185 g/mol. The number of carbonyl (C=O) groups is 1. The quantitative estimate of drug-likeness (QED) is 0.287. The van der Waals surface area contributed by atoms with Gasteiger partial charge in [-0.25, -0.2) is 0 Å². The second kappa shape index (κ2) is 7.77. The van der Waals surface area contributed by atoms with Crippen molar-refractivity contribution >= 4 is 11.5 Å². The van der Waals surface area contributed by atoms with E-state index in [-0.39, 0.29) is 5.78 Å². The Labute approximate surface area is 79.8 Å². The predicted molar refractivity (Wildman–Crippen MR) is 53.3 cm³/mol. The molecule has 0 bridgehead atoms. The van der Waals surface area contributed by atoms with Crippen LogP contribution in [0.4, 0.5) is 0 Å². The van der Waals surface area contributed by atoms with E-state index in [1.807, 2.05) is 0 Å². The van der Waals surface area contributed by atoms with Crippen LogP contribution in [0.3, 0.4) is 0 Å². The summed E-state index contributed by atoms with van der Waals surface area (Å²) in [6.45, 7) is 3.91. The Bertz CT molecular complexity index is 176. The lowest BCUT2D eigenvalue weighted by atomic mass is 10.1. The van der Waals surface area contributed by atoms with Gasteiger partial charge in [-0.3, -0.25) is 4.79 Å². The van der Waals surface area contributed by atoms with Gasteiger partial charge in [0.2, 0.25) is 0 Å². The Morgan fingerprint density at radius 1 is 1.23 bits per heavy atom. The molecule has 0 spiro atoms. The number of hydrogen-bond acceptors (Lipinski definition) is 3. The smallest absolute Gasteiger partial charge is 0.180 e. The van der Waals surface area contributed by atoms with Gasteiger partial charge in [0, 0.05) is 6.42 Å². The van der Waals surface area contributed by atoms with Gasteiger partial charge in [0.25, 0.3) is 0 Å². The molecule has 0 aromatic rings. The molecule has 0 aromatic carbocycles. The van der Waals surface area contributed by atoms with E-state index in [2.05, 4.69) is 12.1 Å². The summed E-state index contributed by atoms with van der Waals surface area (Å²) >= 11 is 0. The first kappa shape index (κ1) is 12.1. The minimum absolute atomic E-state index is 0.0426. The van der Waals surface area contributed by atoms with Gasteiger partial charge >= 0.3 is 0 Å². The lowest BCUT2D eigenvalue weighted by molar-refractivity contribution is -0.112. The topological polar surface area (TPSA) is 49.7 Å². The fourth-order valence-electron chi connectivity index (χ4n) is 1.17. The van der Waals surface area contributed by atoms with Crippen molar-refractivity contribution in [3.05, 3.63) is 0 Å². The van der Waals surface area contributed by atoms with Crippen LogP contribution in [0, 0.1) is 0 Å². The highest BCUT2D eigenvalue weighted by atomic mass is 16.4. The van der Waals surface area contributed by atoms with Gasteiger partial charge in [0.1, 0.15) is 5.71 Å². The van der Waals surface area contributed by atoms with Crippen LogP contribution in [-0.4, -0.2) is 16.7 Å². The minimum Gasteiger partial charge on any atom is -0.411 e. The predicted octanol–water partition coefficient (Wildman–Crippen LogP) is 2.77. The number of Topliss-reactive ketones (excluding diaryl/α,β-unsaturated/α-hetero) is 1. The molecule has 76 valence electrons. The molecule has 0 saturated carbocycles. The number of oxime groups is 1. The zero-order chi connectivity index (χ0) is 10.1. The highest BCUT2D eigenvalue weighted by Crippen LogP contribution is 2.05. The van der Waals surface area contributed by atoms with Gasteiger partial charge in [-0.2, -0.15) is 0 Å². The molecular formula is C10H19NO2. The Hall–Kier alpha value is -0.860. The minimum atomic E-state index is -0.0426. The highest BCUT2D eigenvalue weighted by Gasteiger charge is 2.08. The molecule has 0 aliphatic rings. The van der Waals surface area contributed by atoms with E-state index in [4.69, 9.17) is 5.21 Å². The zero-order valence-electron chi connectivity index (χ0n) is 8.55. The summed E-state index contributed by atoms with van der Waals surface area (Å²) in [6, 6.07) is 0. The standard InChI is InChI=1S/C10H19NO2/c1-3-5-6-7-8-9(11-13)10(12)4-2/h13H,3-8H2,1-2H3. The van der Waals surface area contributed by atoms with Crippen molar-refractivity contribution in [2.24, 2.45) is 5.16 Å². The molecule has 1 N–H and O–H groups in total. The summed E-state index contributed by atoms with van der Waals surface area (Å²) in [6.07, 6.45) is 5.44. The Morgan fingerprint density at radius 3 is 2.38 bits per heavy atom. The summed E-state index contributed by atoms with van der Waals surface area (Å²) in [5.74, 6) is -0.0426. The molecule has 13 heavy (non-hydrogen) atoms. The lowest BCUT2D eigenvalue weighted by Gasteiger charge is -2.00. The largest absolute Gasteiger partial charge is 0.411 e. The highest BCUT2D eigenvalue weighted by molar-refractivity contribution is 6.39. The molecule has 0 rings (SSSR count). The fourth-order valence-corrected chi connectivity index (χ4v) is 1.17. The first-order valence-corrected chi connectivity index (χ1v) is 5.00. The van der Waals surface area contributed by atoms with E-state index < -0.39 is 0 Å². The Kier molecular flexibility index (Phi) is 7.26. The maximum absolute atomic E-state index is 11.1. The van der Waals surface area contributed by atoms with E-state index in [0.717, 1.165) is 12.8 Å². The first-order chi connectivity index (χ1) is 6.26. The van der Waals surface area contributed by atoms with Crippen molar-refractivity contribution in [1.82, 2.24) is 0 Å². The van der Waals surface area contributed by atoms with Crippen molar-refractivity contribution in [3.63, 3.8) is 0 Å². The van der Waals surface area contributed by atoms with Crippen LogP contribution in [0.1, 0.15) is 52.4 Å².